The van der Waals surface area contributed by atoms with E-state index >= 15 is 0 Å². The zero-order valence-electron chi connectivity index (χ0n) is 19.2. The number of pyridine rings is 1. The van der Waals surface area contributed by atoms with Gasteiger partial charge in [0, 0.05) is 28.9 Å². The SMILES string of the molecule is CN(CC[N+](C)(C)CC=Cc1ccc(Cl)cc1)S(=O)(=O)c1cccc2c[n+](C)ccc12.[I-].[I-]. The molecule has 0 N–H and O–H groups in total. The van der Waals surface area contributed by atoms with Crippen molar-refractivity contribution in [1.29, 1.82) is 0 Å². The van der Waals surface area contributed by atoms with Gasteiger partial charge in [-0.15, -0.1) is 0 Å². The molecule has 9 heteroatoms. The van der Waals surface area contributed by atoms with E-state index in [1.165, 1.54) is 4.31 Å². The van der Waals surface area contributed by atoms with Crippen molar-refractivity contribution in [3.05, 3.63) is 77.6 Å². The first-order chi connectivity index (χ1) is 14.6. The minimum Gasteiger partial charge on any atom is -1.00 e. The zero-order valence-corrected chi connectivity index (χ0v) is 25.1. The fourth-order valence-corrected chi connectivity index (χ4v) is 4.87. The summed E-state index contributed by atoms with van der Waals surface area (Å²) in [6.45, 7) is 1.92. The molecule has 1 aromatic heterocycles. The maximum atomic E-state index is 13.3. The fraction of sp³-hybridized carbons (Fsp3) is 0.292. The molecule has 0 aliphatic heterocycles. The van der Waals surface area contributed by atoms with Gasteiger partial charge >= 0.3 is 0 Å². The molecule has 0 spiro atoms. The highest BCUT2D eigenvalue weighted by Crippen LogP contribution is 2.24. The summed E-state index contributed by atoms with van der Waals surface area (Å²) in [5.41, 5.74) is 1.09. The zero-order chi connectivity index (χ0) is 22.6. The first-order valence-electron chi connectivity index (χ1n) is 10.2. The Morgan fingerprint density at radius 1 is 1.06 bits per heavy atom. The van der Waals surface area contributed by atoms with Gasteiger partial charge in [0.25, 0.3) is 0 Å². The summed E-state index contributed by atoms with van der Waals surface area (Å²) in [5.74, 6) is 0. The molecule has 0 aliphatic carbocycles. The predicted octanol–water partition coefficient (Wildman–Crippen LogP) is -2.26. The largest absolute Gasteiger partial charge is 1.00 e. The molecule has 2 aromatic carbocycles. The number of rotatable bonds is 8. The Kier molecular flexibility index (Phi) is 11.7. The fourth-order valence-electron chi connectivity index (χ4n) is 3.37. The van der Waals surface area contributed by atoms with Gasteiger partial charge in [-0.05, 0) is 35.9 Å². The van der Waals surface area contributed by atoms with Crippen LogP contribution in [0.3, 0.4) is 0 Å². The topological polar surface area (TPSA) is 41.3 Å². The van der Waals surface area contributed by atoms with Crippen molar-refractivity contribution in [3.63, 3.8) is 0 Å². The number of quaternary nitrogens is 1. The first-order valence-corrected chi connectivity index (χ1v) is 12.0. The number of nitrogens with zero attached hydrogens (tertiary/aromatic N) is 3. The lowest BCUT2D eigenvalue weighted by Crippen LogP contribution is -3.00. The summed E-state index contributed by atoms with van der Waals surface area (Å²) in [7, 11) is 4.20. The molecular weight excluding hydrogens is 684 g/mol. The van der Waals surface area contributed by atoms with Crippen LogP contribution in [0.5, 0.6) is 0 Å². The van der Waals surface area contributed by atoms with Crippen molar-refractivity contribution >= 4 is 38.5 Å². The van der Waals surface area contributed by atoms with Gasteiger partial charge in [0.15, 0.2) is 12.4 Å². The molecule has 0 saturated heterocycles. The molecule has 3 rings (SSSR count). The van der Waals surface area contributed by atoms with E-state index in [0.29, 0.717) is 22.5 Å². The molecular formula is C24H30ClI2N3O2S. The highest BCUT2D eigenvalue weighted by atomic mass is 127. The van der Waals surface area contributed by atoms with Crippen LogP contribution in [0.1, 0.15) is 5.56 Å². The van der Waals surface area contributed by atoms with Crippen LogP contribution < -0.4 is 52.5 Å². The molecule has 180 valence electrons. The lowest BCUT2D eigenvalue weighted by atomic mass is 10.2. The number of sulfonamides is 1. The van der Waals surface area contributed by atoms with Crippen molar-refractivity contribution in [1.82, 2.24) is 4.31 Å². The Morgan fingerprint density at radius 3 is 2.39 bits per heavy atom. The molecule has 0 fully saturated rings. The number of aromatic nitrogens is 1. The second kappa shape index (κ2) is 12.8. The summed E-state index contributed by atoms with van der Waals surface area (Å²) in [6, 6.07) is 15.0. The van der Waals surface area contributed by atoms with Crippen LogP contribution in [-0.2, 0) is 17.1 Å². The molecule has 3 aromatic rings. The number of hydrogen-bond acceptors (Lipinski definition) is 2. The van der Waals surface area contributed by atoms with Crippen LogP contribution >= 0.6 is 11.6 Å². The second-order valence-corrected chi connectivity index (χ2v) is 10.9. The standard InChI is InChI=1S/C24H30ClN3O2S.2HI/c1-26-15-14-23-21(19-26)8-5-9-24(23)31(29,30)27(2)16-18-28(3,4)17-6-7-20-10-12-22(25)13-11-20;;/h5-15,19H,16-18H2,1-4H3;2*1H/q+2;;/p-2. The summed E-state index contributed by atoms with van der Waals surface area (Å²) in [5, 5.41) is 2.37. The minimum atomic E-state index is -3.58. The maximum absolute atomic E-state index is 13.3. The third-order valence-corrected chi connectivity index (χ3v) is 7.57. The third kappa shape index (κ3) is 8.14. The van der Waals surface area contributed by atoms with Crippen molar-refractivity contribution in [2.75, 3.05) is 40.8 Å². The van der Waals surface area contributed by atoms with E-state index < -0.39 is 10.0 Å². The molecule has 1 heterocycles. The van der Waals surface area contributed by atoms with Gasteiger partial charge in [-0.25, -0.2) is 13.0 Å². The molecule has 5 nitrogen and oxygen atoms in total. The number of aryl methyl sites for hydroxylation is 1. The van der Waals surface area contributed by atoms with Crippen LogP contribution in [0, 0.1) is 0 Å². The average Bonchev–Trinajstić information content (AvgIpc) is 2.72. The first kappa shape index (κ1) is 30.2. The smallest absolute Gasteiger partial charge is 0.243 e. The van der Waals surface area contributed by atoms with Crippen LogP contribution in [0.25, 0.3) is 16.8 Å². The van der Waals surface area contributed by atoms with Crippen molar-refractivity contribution < 1.29 is 65.4 Å². The normalized spacial score (nSPS) is 12.1. The summed E-state index contributed by atoms with van der Waals surface area (Å²) in [4.78, 5) is 0.348. The molecule has 0 atom stereocenters. The van der Waals surface area contributed by atoms with E-state index in [1.54, 1.807) is 19.2 Å². The molecule has 0 aliphatic rings. The number of benzene rings is 2. The number of halogens is 3. The Balaban J connectivity index is 0.00000272. The van der Waals surface area contributed by atoms with Gasteiger partial charge in [-0.2, -0.15) is 4.31 Å². The van der Waals surface area contributed by atoms with Crippen LogP contribution in [0.2, 0.25) is 5.02 Å². The van der Waals surface area contributed by atoms with E-state index in [-0.39, 0.29) is 48.0 Å². The number of fused-ring (bicyclic) bond motifs is 1. The van der Waals surface area contributed by atoms with Gasteiger partial charge in [0.1, 0.15) is 7.05 Å². The number of hydrogen-bond donors (Lipinski definition) is 0. The average molecular weight is 714 g/mol. The van der Waals surface area contributed by atoms with Crippen molar-refractivity contribution in [2.45, 2.75) is 4.90 Å². The number of likely N-dealkylation sites (N-methyl/N-ethyl adjacent to an activating group) is 2. The summed E-state index contributed by atoms with van der Waals surface area (Å²) < 4.78 is 30.6. The van der Waals surface area contributed by atoms with Crippen LogP contribution in [0.4, 0.5) is 0 Å². The highest BCUT2D eigenvalue weighted by molar-refractivity contribution is 7.89. The van der Waals surface area contributed by atoms with Gasteiger partial charge < -0.3 is 52.4 Å². The van der Waals surface area contributed by atoms with Gasteiger partial charge in [-0.3, -0.25) is 0 Å². The van der Waals surface area contributed by atoms with Gasteiger partial charge in [0.05, 0.1) is 38.6 Å². The second-order valence-electron chi connectivity index (χ2n) is 8.49. The molecule has 33 heavy (non-hydrogen) atoms. The monoisotopic (exact) mass is 713 g/mol. The summed E-state index contributed by atoms with van der Waals surface area (Å²) >= 11 is 5.93. The maximum Gasteiger partial charge on any atom is 0.243 e. The molecule has 0 saturated carbocycles. The lowest BCUT2D eigenvalue weighted by Gasteiger charge is -2.30. The summed E-state index contributed by atoms with van der Waals surface area (Å²) in [6.07, 6.45) is 7.98. The van der Waals surface area contributed by atoms with Crippen molar-refractivity contribution in [2.24, 2.45) is 7.05 Å². The van der Waals surface area contributed by atoms with E-state index in [9.17, 15) is 8.42 Å². The van der Waals surface area contributed by atoms with Gasteiger partial charge in [-0.1, -0.05) is 35.9 Å². The van der Waals surface area contributed by atoms with Gasteiger partial charge in [0.2, 0.25) is 10.0 Å². The quantitative estimate of drug-likeness (QED) is 0.150. The van der Waals surface area contributed by atoms with E-state index in [1.807, 2.05) is 60.4 Å². The van der Waals surface area contributed by atoms with Crippen LogP contribution in [0.15, 0.2) is 71.9 Å². The van der Waals surface area contributed by atoms with Crippen molar-refractivity contribution in [3.8, 4) is 0 Å². The van der Waals surface area contributed by atoms with E-state index in [0.717, 1.165) is 27.9 Å². The van der Waals surface area contributed by atoms with E-state index in [2.05, 4.69) is 26.2 Å². The molecule has 0 amide bonds. The third-order valence-electron chi connectivity index (χ3n) is 5.41. The minimum absolute atomic E-state index is 0. The molecule has 0 bridgehead atoms. The molecule has 0 radical (unpaired) electrons. The Morgan fingerprint density at radius 2 is 1.73 bits per heavy atom. The van der Waals surface area contributed by atoms with E-state index in [4.69, 9.17) is 11.6 Å². The molecule has 0 unspecified atom stereocenters. The van der Waals surface area contributed by atoms with Crippen LogP contribution in [-0.4, -0.2) is 58.0 Å². The highest BCUT2D eigenvalue weighted by Gasteiger charge is 2.25. The Labute approximate surface area is 236 Å². The Hall–Kier alpha value is -0.790. The predicted molar refractivity (Wildman–Crippen MR) is 127 cm³/mol. The Bertz CT molecular complexity index is 1200. The lowest BCUT2D eigenvalue weighted by molar-refractivity contribution is -0.883.